The van der Waals surface area contributed by atoms with Crippen molar-refractivity contribution in [3.8, 4) is 5.75 Å². The molecule has 122 valence electrons. The maximum atomic E-state index is 11.0. The molecule has 0 radical (unpaired) electrons. The van der Waals surface area contributed by atoms with Crippen molar-refractivity contribution in [1.82, 2.24) is 4.98 Å². The van der Waals surface area contributed by atoms with Crippen LogP contribution in [0.1, 0.15) is 12.8 Å². The zero-order chi connectivity index (χ0) is 16.6. The summed E-state index contributed by atoms with van der Waals surface area (Å²) in [6, 6.07) is 2.99. The van der Waals surface area contributed by atoms with Gasteiger partial charge in [0.15, 0.2) is 0 Å². The maximum absolute atomic E-state index is 11.0. The van der Waals surface area contributed by atoms with Crippen LogP contribution in [0.15, 0.2) is 18.3 Å². The molecule has 1 aliphatic rings. The van der Waals surface area contributed by atoms with E-state index < -0.39 is 16.4 Å². The van der Waals surface area contributed by atoms with E-state index in [2.05, 4.69) is 9.88 Å². The van der Waals surface area contributed by atoms with Crippen LogP contribution in [-0.2, 0) is 4.74 Å². The van der Waals surface area contributed by atoms with Gasteiger partial charge < -0.3 is 14.7 Å². The summed E-state index contributed by atoms with van der Waals surface area (Å²) in [5.41, 5.74) is 0.528. The number of aromatic nitrogens is 1. The second-order valence-corrected chi connectivity index (χ2v) is 5.87. The summed E-state index contributed by atoms with van der Waals surface area (Å²) < 4.78 is 5.37. The van der Waals surface area contributed by atoms with Crippen molar-refractivity contribution >= 4 is 33.9 Å². The first-order valence-corrected chi connectivity index (χ1v) is 7.63. The molecule has 0 bridgehead atoms. The van der Waals surface area contributed by atoms with Gasteiger partial charge in [0.2, 0.25) is 5.75 Å². The predicted octanol–water partition coefficient (Wildman–Crippen LogP) is 3.12. The largest absolute Gasteiger partial charge is 0.501 e. The van der Waals surface area contributed by atoms with Crippen LogP contribution in [0, 0.1) is 10.1 Å². The lowest BCUT2D eigenvalue weighted by atomic mass is 10.0. The molecule has 3 rings (SSSR count). The Kier molecular flexibility index (Phi) is 4.23. The van der Waals surface area contributed by atoms with Gasteiger partial charge in [0.1, 0.15) is 5.52 Å². The van der Waals surface area contributed by atoms with Crippen molar-refractivity contribution in [2.45, 2.75) is 18.9 Å². The molecule has 7 nitrogen and oxygen atoms in total. The lowest BCUT2D eigenvalue weighted by Gasteiger charge is -2.33. The smallest absolute Gasteiger partial charge is 0.314 e. The molecule has 0 saturated carbocycles. The number of aromatic hydroxyl groups is 1. The van der Waals surface area contributed by atoms with Gasteiger partial charge in [-0.15, -0.1) is 0 Å². The minimum Gasteiger partial charge on any atom is -0.501 e. The summed E-state index contributed by atoms with van der Waals surface area (Å²) >= 11 is 6.25. The molecule has 8 heteroatoms. The zero-order valence-corrected chi connectivity index (χ0v) is 13.3. The Hall–Kier alpha value is -2.12. The highest BCUT2D eigenvalue weighted by molar-refractivity contribution is 6.37. The zero-order valence-electron chi connectivity index (χ0n) is 12.5. The molecule has 1 aromatic carbocycles. The molecular weight excluding hydrogens is 322 g/mol. The number of nitro groups is 1. The number of hydrogen-bond acceptors (Lipinski definition) is 6. The number of nitro benzene ring substituents is 1. The van der Waals surface area contributed by atoms with Crippen molar-refractivity contribution in [2.24, 2.45) is 0 Å². The Bertz CT molecular complexity index is 760. The molecule has 1 fully saturated rings. The second kappa shape index (κ2) is 6.17. The van der Waals surface area contributed by atoms with Gasteiger partial charge in [-0.3, -0.25) is 15.1 Å². The van der Waals surface area contributed by atoms with E-state index in [-0.39, 0.29) is 16.6 Å². The summed E-state index contributed by atoms with van der Waals surface area (Å²) in [4.78, 5) is 16.6. The molecule has 1 aromatic heterocycles. The van der Waals surface area contributed by atoms with Crippen LogP contribution in [0.4, 0.5) is 11.4 Å². The molecule has 1 N–H and O–H groups in total. The number of piperidine rings is 1. The number of hydrogen-bond donors (Lipinski definition) is 1. The van der Waals surface area contributed by atoms with E-state index >= 15 is 0 Å². The van der Waals surface area contributed by atoms with Gasteiger partial charge in [0.25, 0.3) is 0 Å². The number of methoxy groups -OCH3 is 1. The highest BCUT2D eigenvalue weighted by Gasteiger charge is 2.25. The maximum Gasteiger partial charge on any atom is 0.314 e. The molecule has 0 amide bonds. The number of phenols is 1. The van der Waals surface area contributed by atoms with Gasteiger partial charge >= 0.3 is 5.69 Å². The lowest BCUT2D eigenvalue weighted by molar-refractivity contribution is -0.385. The third-order valence-electron chi connectivity index (χ3n) is 4.21. The van der Waals surface area contributed by atoms with E-state index in [4.69, 9.17) is 16.3 Å². The van der Waals surface area contributed by atoms with E-state index in [0.717, 1.165) is 31.6 Å². The van der Waals surface area contributed by atoms with Crippen molar-refractivity contribution in [1.29, 1.82) is 0 Å². The fraction of sp³-hybridized carbons (Fsp3) is 0.400. The van der Waals surface area contributed by atoms with Crippen LogP contribution >= 0.6 is 11.6 Å². The number of ether oxygens (including phenoxy) is 1. The first-order valence-electron chi connectivity index (χ1n) is 7.25. The SMILES string of the molecule is COC1CCN(c2ccnc3c(O)c([N+](=O)[O-])cc(Cl)c23)CC1. The van der Waals surface area contributed by atoms with Gasteiger partial charge in [-0.1, -0.05) is 11.6 Å². The minimum absolute atomic E-state index is 0.149. The Morgan fingerprint density at radius 2 is 2.17 bits per heavy atom. The molecule has 0 aliphatic carbocycles. The number of benzene rings is 1. The molecule has 0 spiro atoms. The third kappa shape index (κ3) is 2.77. The van der Waals surface area contributed by atoms with Gasteiger partial charge in [0, 0.05) is 43.5 Å². The van der Waals surface area contributed by atoms with Gasteiger partial charge in [0.05, 0.1) is 16.0 Å². The highest BCUT2D eigenvalue weighted by Crippen LogP contribution is 2.42. The van der Waals surface area contributed by atoms with Gasteiger partial charge in [-0.25, -0.2) is 0 Å². The van der Waals surface area contributed by atoms with E-state index in [9.17, 15) is 15.2 Å². The Balaban J connectivity index is 2.09. The lowest BCUT2D eigenvalue weighted by Crippen LogP contribution is -2.36. The number of anilines is 1. The Morgan fingerprint density at radius 3 is 2.78 bits per heavy atom. The molecule has 1 aliphatic heterocycles. The van der Waals surface area contributed by atoms with Crippen molar-refractivity contribution in [3.63, 3.8) is 0 Å². The summed E-state index contributed by atoms with van der Waals surface area (Å²) in [7, 11) is 1.70. The number of pyridine rings is 1. The molecule has 1 saturated heterocycles. The molecule has 2 heterocycles. The van der Waals surface area contributed by atoms with E-state index in [1.54, 1.807) is 7.11 Å². The number of nitrogens with zero attached hydrogens (tertiary/aromatic N) is 3. The average molecular weight is 338 g/mol. The summed E-state index contributed by atoms with van der Waals surface area (Å²) in [6.45, 7) is 1.57. The highest BCUT2D eigenvalue weighted by atomic mass is 35.5. The molecule has 2 aromatic rings. The van der Waals surface area contributed by atoms with Crippen molar-refractivity contribution < 1.29 is 14.8 Å². The second-order valence-electron chi connectivity index (χ2n) is 5.46. The molecule has 0 atom stereocenters. The normalized spacial score (nSPS) is 16.0. The number of phenolic OH excluding ortho intramolecular Hbond substituents is 1. The predicted molar refractivity (Wildman–Crippen MR) is 87.3 cm³/mol. The summed E-state index contributed by atoms with van der Waals surface area (Å²) in [6.07, 6.45) is 3.54. The quantitative estimate of drug-likeness (QED) is 0.683. The minimum atomic E-state index is -0.668. The first-order chi connectivity index (χ1) is 11.0. The first kappa shape index (κ1) is 15.8. The van der Waals surface area contributed by atoms with Crippen LogP contribution in [-0.4, -0.2) is 41.3 Å². The fourth-order valence-corrected chi connectivity index (χ4v) is 3.27. The van der Waals surface area contributed by atoms with Gasteiger partial charge in [-0.05, 0) is 18.9 Å². The van der Waals surface area contributed by atoms with E-state index in [0.29, 0.717) is 5.39 Å². The molecule has 23 heavy (non-hydrogen) atoms. The third-order valence-corrected chi connectivity index (χ3v) is 4.51. The van der Waals surface area contributed by atoms with Gasteiger partial charge in [-0.2, -0.15) is 0 Å². The number of rotatable bonds is 3. The van der Waals surface area contributed by atoms with Crippen LogP contribution in [0.3, 0.4) is 0 Å². The van der Waals surface area contributed by atoms with E-state index in [1.807, 2.05) is 6.07 Å². The van der Waals surface area contributed by atoms with Crippen molar-refractivity contribution in [2.75, 3.05) is 25.1 Å². The topological polar surface area (TPSA) is 88.7 Å². The Labute approximate surface area is 137 Å². The standard InChI is InChI=1S/C15H16ClN3O4/c1-23-9-3-6-18(7-4-9)11-2-5-17-14-13(11)10(16)8-12(15(14)20)19(21)22/h2,5,8-9,20H,3-4,6-7H2,1H3. The van der Waals surface area contributed by atoms with Crippen LogP contribution < -0.4 is 4.90 Å². The van der Waals surface area contributed by atoms with E-state index in [1.165, 1.54) is 12.3 Å². The summed E-state index contributed by atoms with van der Waals surface area (Å²) in [5, 5.41) is 21.9. The average Bonchev–Trinajstić information content (AvgIpc) is 2.57. The van der Waals surface area contributed by atoms with Crippen LogP contribution in [0.2, 0.25) is 5.02 Å². The van der Waals surface area contributed by atoms with Crippen molar-refractivity contribution in [3.05, 3.63) is 33.5 Å². The fourth-order valence-electron chi connectivity index (χ4n) is 2.98. The molecule has 0 unspecified atom stereocenters. The Morgan fingerprint density at radius 1 is 1.48 bits per heavy atom. The van der Waals surface area contributed by atoms with Crippen LogP contribution in [0.25, 0.3) is 10.9 Å². The number of fused-ring (bicyclic) bond motifs is 1. The number of halogens is 1. The van der Waals surface area contributed by atoms with Crippen LogP contribution in [0.5, 0.6) is 5.75 Å². The monoisotopic (exact) mass is 337 g/mol. The molecular formula is C15H16ClN3O4. The summed E-state index contributed by atoms with van der Waals surface area (Å²) in [5.74, 6) is -0.456.